The van der Waals surface area contributed by atoms with E-state index in [1.54, 1.807) is 12.4 Å². The van der Waals surface area contributed by atoms with Gasteiger partial charge in [-0.15, -0.1) is 0 Å². The van der Waals surface area contributed by atoms with Crippen LogP contribution >= 0.6 is 0 Å². The van der Waals surface area contributed by atoms with Crippen LogP contribution in [0.5, 0.6) is 0 Å². The van der Waals surface area contributed by atoms with E-state index in [1.807, 2.05) is 22.9 Å². The van der Waals surface area contributed by atoms with Crippen LogP contribution in [0.2, 0.25) is 0 Å². The van der Waals surface area contributed by atoms with Crippen LogP contribution in [0, 0.1) is 0 Å². The molecule has 0 unspecified atom stereocenters. The Kier molecular flexibility index (Phi) is 2.58. The molecule has 0 saturated carbocycles. The first-order valence-corrected chi connectivity index (χ1v) is 5.64. The van der Waals surface area contributed by atoms with E-state index in [4.69, 9.17) is 9.84 Å². The third-order valence-electron chi connectivity index (χ3n) is 3.16. The van der Waals surface area contributed by atoms with Gasteiger partial charge in [0, 0.05) is 30.4 Å². The molecule has 1 aliphatic heterocycles. The SMILES string of the molecule is OC[C@@H]1C[C@H](O)[C@H](n2ccc3cnccc32)O1. The molecule has 2 aromatic heterocycles. The van der Waals surface area contributed by atoms with Crippen molar-refractivity contribution in [3.63, 3.8) is 0 Å². The van der Waals surface area contributed by atoms with Crippen LogP contribution in [0.25, 0.3) is 10.9 Å². The number of ether oxygens (including phenoxy) is 1. The van der Waals surface area contributed by atoms with Crippen LogP contribution in [-0.4, -0.2) is 38.6 Å². The molecule has 0 radical (unpaired) electrons. The Bertz CT molecular complexity index is 525. The molecular weight excluding hydrogens is 220 g/mol. The maximum absolute atomic E-state index is 9.95. The zero-order valence-corrected chi connectivity index (χ0v) is 9.23. The van der Waals surface area contributed by atoms with Gasteiger partial charge in [0.1, 0.15) is 6.10 Å². The zero-order chi connectivity index (χ0) is 11.8. The predicted octanol–water partition coefficient (Wildman–Crippen LogP) is 0.677. The zero-order valence-electron chi connectivity index (χ0n) is 9.23. The molecule has 0 amide bonds. The summed E-state index contributed by atoms with van der Waals surface area (Å²) in [5.74, 6) is 0. The summed E-state index contributed by atoms with van der Waals surface area (Å²) in [7, 11) is 0. The standard InChI is InChI=1S/C12H14N2O3/c15-7-9-5-11(16)12(17-9)14-4-2-8-6-13-3-1-10(8)14/h1-4,6,9,11-12,15-16H,5,7H2/t9-,11-,12+/m0/s1. The largest absolute Gasteiger partial charge is 0.394 e. The van der Waals surface area contributed by atoms with Crippen molar-refractivity contribution in [2.75, 3.05) is 6.61 Å². The topological polar surface area (TPSA) is 67.5 Å². The van der Waals surface area contributed by atoms with Crippen molar-refractivity contribution in [3.05, 3.63) is 30.7 Å². The van der Waals surface area contributed by atoms with Gasteiger partial charge < -0.3 is 19.5 Å². The number of fused-ring (bicyclic) bond motifs is 1. The summed E-state index contributed by atoms with van der Waals surface area (Å²) in [6.07, 6.45) is 4.53. The normalized spacial score (nSPS) is 28.9. The molecule has 3 rings (SSSR count). The van der Waals surface area contributed by atoms with Crippen molar-refractivity contribution in [3.8, 4) is 0 Å². The summed E-state index contributed by atoms with van der Waals surface area (Å²) >= 11 is 0. The van der Waals surface area contributed by atoms with Gasteiger partial charge in [0.05, 0.1) is 18.2 Å². The van der Waals surface area contributed by atoms with Crippen molar-refractivity contribution in [2.45, 2.75) is 24.9 Å². The maximum atomic E-state index is 9.95. The van der Waals surface area contributed by atoms with E-state index < -0.39 is 12.3 Å². The van der Waals surface area contributed by atoms with Gasteiger partial charge in [-0.05, 0) is 12.1 Å². The first kappa shape index (κ1) is 10.7. The van der Waals surface area contributed by atoms with Crippen LogP contribution in [0.1, 0.15) is 12.6 Å². The summed E-state index contributed by atoms with van der Waals surface area (Å²) < 4.78 is 7.50. The van der Waals surface area contributed by atoms with E-state index in [9.17, 15) is 5.11 Å². The lowest BCUT2D eigenvalue weighted by molar-refractivity contribution is -0.0481. The van der Waals surface area contributed by atoms with Gasteiger partial charge in [0.15, 0.2) is 6.23 Å². The Hall–Kier alpha value is -1.43. The molecule has 0 bridgehead atoms. The lowest BCUT2D eigenvalue weighted by Gasteiger charge is -2.17. The number of nitrogens with zero attached hydrogens (tertiary/aromatic N) is 2. The molecule has 2 aromatic rings. The number of aliphatic hydroxyl groups is 2. The highest BCUT2D eigenvalue weighted by atomic mass is 16.5. The highest BCUT2D eigenvalue weighted by molar-refractivity contribution is 5.78. The molecule has 1 aliphatic rings. The molecule has 5 nitrogen and oxygen atoms in total. The molecule has 2 N–H and O–H groups in total. The first-order chi connectivity index (χ1) is 8.29. The quantitative estimate of drug-likeness (QED) is 0.801. The minimum absolute atomic E-state index is 0.0612. The van der Waals surface area contributed by atoms with Gasteiger partial charge in [-0.3, -0.25) is 4.98 Å². The number of aromatic nitrogens is 2. The Balaban J connectivity index is 1.99. The molecule has 17 heavy (non-hydrogen) atoms. The van der Waals surface area contributed by atoms with E-state index >= 15 is 0 Å². The molecule has 3 heterocycles. The lowest BCUT2D eigenvalue weighted by Crippen LogP contribution is -2.18. The molecule has 3 atom stereocenters. The number of aliphatic hydroxyl groups excluding tert-OH is 2. The second-order valence-corrected chi connectivity index (χ2v) is 4.29. The summed E-state index contributed by atoms with van der Waals surface area (Å²) in [4.78, 5) is 4.05. The van der Waals surface area contributed by atoms with Crippen molar-refractivity contribution < 1.29 is 14.9 Å². The number of hydrogen-bond acceptors (Lipinski definition) is 4. The Morgan fingerprint density at radius 2 is 2.35 bits per heavy atom. The first-order valence-electron chi connectivity index (χ1n) is 5.64. The Morgan fingerprint density at radius 1 is 1.47 bits per heavy atom. The van der Waals surface area contributed by atoms with Gasteiger partial charge >= 0.3 is 0 Å². The van der Waals surface area contributed by atoms with Crippen LogP contribution in [0.4, 0.5) is 0 Å². The molecular formula is C12H14N2O3. The fraction of sp³-hybridized carbons (Fsp3) is 0.417. The third kappa shape index (κ3) is 1.72. The van der Waals surface area contributed by atoms with Gasteiger partial charge in [-0.25, -0.2) is 0 Å². The van der Waals surface area contributed by atoms with Gasteiger partial charge in [0.25, 0.3) is 0 Å². The van der Waals surface area contributed by atoms with Gasteiger partial charge in [-0.1, -0.05) is 0 Å². The average molecular weight is 234 g/mol. The summed E-state index contributed by atoms with van der Waals surface area (Å²) in [6, 6.07) is 3.82. The summed E-state index contributed by atoms with van der Waals surface area (Å²) in [6.45, 7) is -0.0612. The van der Waals surface area contributed by atoms with Crippen molar-refractivity contribution >= 4 is 10.9 Å². The van der Waals surface area contributed by atoms with Crippen molar-refractivity contribution in [2.24, 2.45) is 0 Å². The molecule has 0 spiro atoms. The second kappa shape index (κ2) is 4.10. The monoisotopic (exact) mass is 234 g/mol. The van der Waals surface area contributed by atoms with Crippen LogP contribution in [-0.2, 0) is 4.74 Å². The Morgan fingerprint density at radius 3 is 3.12 bits per heavy atom. The minimum atomic E-state index is -0.587. The molecule has 0 aliphatic carbocycles. The summed E-state index contributed by atoms with van der Waals surface area (Å²) in [5.41, 5.74) is 0.975. The van der Waals surface area contributed by atoms with E-state index in [1.165, 1.54) is 0 Å². The van der Waals surface area contributed by atoms with E-state index in [2.05, 4.69) is 4.98 Å². The fourth-order valence-corrected chi connectivity index (χ4v) is 2.32. The Labute approximate surface area is 98.3 Å². The van der Waals surface area contributed by atoms with E-state index in [0.717, 1.165) is 10.9 Å². The number of rotatable bonds is 2. The average Bonchev–Trinajstić information content (AvgIpc) is 2.92. The number of hydrogen-bond donors (Lipinski definition) is 2. The highest BCUT2D eigenvalue weighted by Gasteiger charge is 2.34. The number of pyridine rings is 1. The van der Waals surface area contributed by atoms with E-state index in [-0.39, 0.29) is 12.7 Å². The van der Waals surface area contributed by atoms with Crippen molar-refractivity contribution in [1.29, 1.82) is 0 Å². The minimum Gasteiger partial charge on any atom is -0.394 e. The molecule has 5 heteroatoms. The molecule has 0 aromatic carbocycles. The van der Waals surface area contributed by atoms with Crippen molar-refractivity contribution in [1.82, 2.24) is 9.55 Å². The lowest BCUT2D eigenvalue weighted by atomic mass is 10.2. The smallest absolute Gasteiger partial charge is 0.160 e. The van der Waals surface area contributed by atoms with Gasteiger partial charge in [0.2, 0.25) is 0 Å². The predicted molar refractivity (Wildman–Crippen MR) is 61.4 cm³/mol. The van der Waals surface area contributed by atoms with Gasteiger partial charge in [-0.2, -0.15) is 0 Å². The molecule has 1 fully saturated rings. The van der Waals surface area contributed by atoms with Crippen LogP contribution < -0.4 is 0 Å². The third-order valence-corrected chi connectivity index (χ3v) is 3.16. The summed E-state index contributed by atoms with van der Waals surface area (Å²) in [5, 5.41) is 20.0. The fourth-order valence-electron chi connectivity index (χ4n) is 2.32. The van der Waals surface area contributed by atoms with Crippen LogP contribution in [0.3, 0.4) is 0 Å². The second-order valence-electron chi connectivity index (χ2n) is 4.29. The molecule has 1 saturated heterocycles. The van der Waals surface area contributed by atoms with Crippen LogP contribution in [0.15, 0.2) is 30.7 Å². The highest BCUT2D eigenvalue weighted by Crippen LogP contribution is 2.31. The van der Waals surface area contributed by atoms with E-state index in [0.29, 0.717) is 6.42 Å². The maximum Gasteiger partial charge on any atom is 0.160 e. The molecule has 90 valence electrons.